The molecule has 1 N–H and O–H groups in total. The Hall–Kier alpha value is -5.86. The van der Waals surface area contributed by atoms with Crippen molar-refractivity contribution in [1.29, 1.82) is 0 Å². The molecule has 10 rings (SSSR count). The van der Waals surface area contributed by atoms with Gasteiger partial charge >= 0.3 is 0 Å². The minimum atomic E-state index is 0.917. The number of para-hydroxylation sites is 1. The van der Waals surface area contributed by atoms with Gasteiger partial charge in [-0.25, -0.2) is 0 Å². The fraction of sp³-hybridized carbons (Fsp3) is 0. The van der Waals surface area contributed by atoms with E-state index in [1.165, 1.54) is 70.9 Å². The van der Waals surface area contributed by atoms with Crippen LogP contribution in [0.5, 0.6) is 0 Å². The maximum Gasteiger partial charge on any atom is 0.135 e. The normalized spacial score (nSPS) is 12.1. The van der Waals surface area contributed by atoms with Gasteiger partial charge in [0.05, 0.1) is 5.52 Å². The second kappa shape index (κ2) is 8.82. The SMILES string of the molecule is c1ccc2c(c1)ccc1c3cc(-c4c5ccccc5c(-c5ccc6oc7ccccc7c6c5)c5ccccc45)ccc3[nH]c21. The molecule has 0 bridgehead atoms. The Bertz CT molecular complexity index is 2720. The summed E-state index contributed by atoms with van der Waals surface area (Å²) in [6, 6.07) is 52.7. The van der Waals surface area contributed by atoms with E-state index >= 15 is 0 Å². The molecule has 0 saturated carbocycles. The summed E-state index contributed by atoms with van der Waals surface area (Å²) in [7, 11) is 0. The quantitative estimate of drug-likeness (QED) is 0.210. The van der Waals surface area contributed by atoms with E-state index in [0.717, 1.165) is 27.5 Å². The van der Waals surface area contributed by atoms with Crippen LogP contribution < -0.4 is 0 Å². The summed E-state index contributed by atoms with van der Waals surface area (Å²) in [6.07, 6.45) is 0. The molecule has 0 aliphatic carbocycles. The molecule has 0 saturated heterocycles. The third-order valence-corrected chi connectivity index (χ3v) is 9.38. The number of hydrogen-bond donors (Lipinski definition) is 1. The van der Waals surface area contributed by atoms with Crippen molar-refractivity contribution in [1.82, 2.24) is 4.98 Å². The van der Waals surface area contributed by atoms with Crippen molar-refractivity contribution in [3.05, 3.63) is 146 Å². The average molecular weight is 560 g/mol. The smallest absolute Gasteiger partial charge is 0.135 e. The molecule has 10 aromatic rings. The van der Waals surface area contributed by atoms with Gasteiger partial charge in [-0.15, -0.1) is 0 Å². The Morgan fingerprint density at radius 1 is 0.364 bits per heavy atom. The molecule has 8 aromatic carbocycles. The van der Waals surface area contributed by atoms with Crippen LogP contribution in [0.1, 0.15) is 0 Å². The largest absolute Gasteiger partial charge is 0.456 e. The van der Waals surface area contributed by atoms with Gasteiger partial charge < -0.3 is 9.40 Å². The average Bonchev–Trinajstić information content (AvgIpc) is 3.65. The fourth-order valence-electron chi connectivity index (χ4n) is 7.43. The molecule has 0 unspecified atom stereocenters. The highest BCUT2D eigenvalue weighted by atomic mass is 16.3. The third kappa shape index (κ3) is 3.25. The van der Waals surface area contributed by atoms with Gasteiger partial charge in [0.15, 0.2) is 0 Å². The lowest BCUT2D eigenvalue weighted by molar-refractivity contribution is 0.669. The summed E-state index contributed by atoms with van der Waals surface area (Å²) in [5, 5.41) is 12.3. The molecule has 2 heteroatoms. The predicted molar refractivity (Wildman–Crippen MR) is 186 cm³/mol. The lowest BCUT2D eigenvalue weighted by atomic mass is 9.85. The highest BCUT2D eigenvalue weighted by Crippen LogP contribution is 2.45. The van der Waals surface area contributed by atoms with Crippen molar-refractivity contribution in [2.75, 3.05) is 0 Å². The second-order valence-electron chi connectivity index (χ2n) is 11.7. The van der Waals surface area contributed by atoms with Crippen LogP contribution in [-0.2, 0) is 0 Å². The number of nitrogens with one attached hydrogen (secondary N) is 1. The first-order valence-corrected chi connectivity index (χ1v) is 15.1. The van der Waals surface area contributed by atoms with Gasteiger partial charge in [0, 0.05) is 32.4 Å². The number of fused-ring (bicyclic) bond motifs is 10. The summed E-state index contributed by atoms with van der Waals surface area (Å²) in [4.78, 5) is 3.72. The Labute approximate surface area is 252 Å². The molecule has 2 nitrogen and oxygen atoms in total. The van der Waals surface area contributed by atoms with E-state index in [-0.39, 0.29) is 0 Å². The Kier molecular flexibility index (Phi) is 4.75. The molecular formula is C42H25NO. The number of hydrogen-bond acceptors (Lipinski definition) is 1. The topological polar surface area (TPSA) is 28.9 Å². The van der Waals surface area contributed by atoms with E-state index in [0.29, 0.717) is 0 Å². The Morgan fingerprint density at radius 3 is 1.61 bits per heavy atom. The van der Waals surface area contributed by atoms with Crippen LogP contribution in [0.3, 0.4) is 0 Å². The monoisotopic (exact) mass is 559 g/mol. The minimum absolute atomic E-state index is 0.917. The minimum Gasteiger partial charge on any atom is -0.456 e. The summed E-state index contributed by atoms with van der Waals surface area (Å²) in [5.41, 5.74) is 9.14. The van der Waals surface area contributed by atoms with Crippen molar-refractivity contribution < 1.29 is 4.42 Å². The van der Waals surface area contributed by atoms with Crippen molar-refractivity contribution in [2.45, 2.75) is 0 Å². The van der Waals surface area contributed by atoms with E-state index in [2.05, 4.69) is 138 Å². The number of rotatable bonds is 2. The number of furan rings is 1. The van der Waals surface area contributed by atoms with Gasteiger partial charge in [-0.1, -0.05) is 115 Å². The van der Waals surface area contributed by atoms with Crippen LogP contribution in [0.15, 0.2) is 150 Å². The first-order chi connectivity index (χ1) is 21.8. The van der Waals surface area contributed by atoms with Gasteiger partial charge in [0.1, 0.15) is 11.2 Å². The lowest BCUT2D eigenvalue weighted by Crippen LogP contribution is -1.90. The molecule has 0 aliphatic rings. The molecule has 0 atom stereocenters. The molecule has 0 amide bonds. The van der Waals surface area contributed by atoms with Crippen LogP contribution >= 0.6 is 0 Å². The molecule has 44 heavy (non-hydrogen) atoms. The Balaban J connectivity index is 1.27. The van der Waals surface area contributed by atoms with Crippen LogP contribution in [-0.4, -0.2) is 4.98 Å². The third-order valence-electron chi connectivity index (χ3n) is 9.38. The summed E-state index contributed by atoms with van der Waals surface area (Å²) >= 11 is 0. The molecular weight excluding hydrogens is 534 g/mol. The standard InChI is InChI=1S/C42H25NO/c1-2-10-28-25(9-1)17-20-34-35-23-26(18-21-37(35)43-42(28)34)40-30-12-3-5-14-32(30)41(33-15-6-4-13-31(33)40)27-19-22-39-36(24-27)29-11-7-8-16-38(29)44-39/h1-24,43H. The van der Waals surface area contributed by atoms with Crippen molar-refractivity contribution >= 4 is 76.1 Å². The van der Waals surface area contributed by atoms with Gasteiger partial charge in [-0.2, -0.15) is 0 Å². The van der Waals surface area contributed by atoms with Crippen molar-refractivity contribution in [3.63, 3.8) is 0 Å². The first-order valence-electron chi connectivity index (χ1n) is 15.1. The molecule has 0 radical (unpaired) electrons. The van der Waals surface area contributed by atoms with Crippen LogP contribution in [0.4, 0.5) is 0 Å². The zero-order chi connectivity index (χ0) is 28.8. The number of aromatic nitrogens is 1. The Morgan fingerprint density at radius 2 is 0.909 bits per heavy atom. The van der Waals surface area contributed by atoms with Gasteiger partial charge in [-0.3, -0.25) is 0 Å². The first kappa shape index (κ1) is 23.7. The lowest BCUT2D eigenvalue weighted by Gasteiger charge is -2.18. The second-order valence-corrected chi connectivity index (χ2v) is 11.7. The summed E-state index contributed by atoms with van der Waals surface area (Å²) in [5.74, 6) is 0. The molecule has 0 fully saturated rings. The highest BCUT2D eigenvalue weighted by Gasteiger charge is 2.18. The number of aromatic amines is 1. The molecule has 0 aliphatic heterocycles. The van der Waals surface area contributed by atoms with E-state index in [9.17, 15) is 0 Å². The van der Waals surface area contributed by atoms with Crippen molar-refractivity contribution in [3.8, 4) is 22.3 Å². The van der Waals surface area contributed by atoms with Crippen LogP contribution in [0, 0.1) is 0 Å². The zero-order valence-corrected chi connectivity index (χ0v) is 23.8. The van der Waals surface area contributed by atoms with E-state index in [1.54, 1.807) is 0 Å². The van der Waals surface area contributed by atoms with Gasteiger partial charge in [-0.05, 0) is 79.5 Å². The summed E-state index contributed by atoms with van der Waals surface area (Å²) in [6.45, 7) is 0. The van der Waals surface area contributed by atoms with E-state index < -0.39 is 0 Å². The van der Waals surface area contributed by atoms with Gasteiger partial charge in [0.25, 0.3) is 0 Å². The maximum atomic E-state index is 6.18. The van der Waals surface area contributed by atoms with E-state index in [4.69, 9.17) is 4.42 Å². The number of H-pyrrole nitrogens is 1. The van der Waals surface area contributed by atoms with Gasteiger partial charge in [0.2, 0.25) is 0 Å². The molecule has 2 aromatic heterocycles. The van der Waals surface area contributed by atoms with E-state index in [1.807, 2.05) is 12.1 Å². The maximum absolute atomic E-state index is 6.18. The predicted octanol–water partition coefficient (Wildman–Crippen LogP) is 12.0. The highest BCUT2D eigenvalue weighted by molar-refractivity contribution is 6.23. The van der Waals surface area contributed by atoms with Crippen molar-refractivity contribution in [2.24, 2.45) is 0 Å². The number of benzene rings is 8. The molecule has 204 valence electrons. The fourth-order valence-corrected chi connectivity index (χ4v) is 7.43. The van der Waals surface area contributed by atoms with Crippen LogP contribution in [0.2, 0.25) is 0 Å². The van der Waals surface area contributed by atoms with Crippen LogP contribution in [0.25, 0.3) is 98.3 Å². The molecule has 2 heterocycles. The zero-order valence-electron chi connectivity index (χ0n) is 23.8. The summed E-state index contributed by atoms with van der Waals surface area (Å²) < 4.78 is 6.18. The molecule has 0 spiro atoms.